The molecular weight excluding hydrogens is 320 g/mol. The minimum atomic E-state index is -0.576. The first-order valence-corrected chi connectivity index (χ1v) is 7.34. The van der Waals surface area contributed by atoms with Gasteiger partial charge in [0, 0.05) is 24.3 Å². The predicted octanol–water partition coefficient (Wildman–Crippen LogP) is 3.23. The normalized spacial score (nSPS) is 13.3. The van der Waals surface area contributed by atoms with Gasteiger partial charge in [-0.3, -0.25) is 15.1 Å². The number of carbonyl (C=O) groups is 1. The molecule has 1 aromatic heterocycles. The molecule has 2 heterocycles. The van der Waals surface area contributed by atoms with E-state index in [9.17, 15) is 14.9 Å². The molecule has 2 amide bonds. The average Bonchev–Trinajstić information content (AvgIpc) is 2.55. The fraction of sp³-hybridized carbons (Fsp3) is 0.200. The van der Waals surface area contributed by atoms with Crippen LogP contribution in [0.25, 0.3) is 0 Å². The van der Waals surface area contributed by atoms with Crippen LogP contribution in [0.2, 0.25) is 5.02 Å². The molecule has 0 spiro atoms. The van der Waals surface area contributed by atoms with Crippen LogP contribution < -0.4 is 5.32 Å². The Morgan fingerprint density at radius 1 is 1.39 bits per heavy atom. The van der Waals surface area contributed by atoms with Crippen molar-refractivity contribution >= 4 is 29.0 Å². The fourth-order valence-electron chi connectivity index (χ4n) is 2.57. The molecule has 118 valence electrons. The van der Waals surface area contributed by atoms with E-state index in [0.717, 1.165) is 17.3 Å². The second kappa shape index (κ2) is 6.21. The molecule has 7 nitrogen and oxygen atoms in total. The smallest absolute Gasteiger partial charge is 0.320 e. The lowest BCUT2D eigenvalue weighted by atomic mass is 10.00. The largest absolute Gasteiger partial charge is 0.322 e. The summed E-state index contributed by atoms with van der Waals surface area (Å²) in [6, 6.07) is 6.62. The third kappa shape index (κ3) is 3.09. The van der Waals surface area contributed by atoms with Crippen molar-refractivity contribution in [2.75, 3.05) is 11.9 Å². The van der Waals surface area contributed by atoms with Gasteiger partial charge in [-0.2, -0.15) is 0 Å². The second-order valence-electron chi connectivity index (χ2n) is 5.13. The Bertz CT molecular complexity index is 781. The first-order valence-electron chi connectivity index (χ1n) is 6.97. The Hall–Kier alpha value is -2.67. The number of benzene rings is 1. The molecule has 0 atom stereocenters. The average molecular weight is 333 g/mol. The summed E-state index contributed by atoms with van der Waals surface area (Å²) in [5, 5.41) is 14.2. The summed E-state index contributed by atoms with van der Waals surface area (Å²) >= 11 is 6.15. The van der Waals surface area contributed by atoms with Gasteiger partial charge in [0.15, 0.2) is 0 Å². The number of nitrogens with one attached hydrogen (secondary N) is 1. The van der Waals surface area contributed by atoms with Crippen molar-refractivity contribution in [3.8, 4) is 0 Å². The Kier molecular flexibility index (Phi) is 4.12. The van der Waals surface area contributed by atoms with Crippen LogP contribution in [0.3, 0.4) is 0 Å². The lowest BCUT2D eigenvalue weighted by Crippen LogP contribution is -2.39. The number of nitro groups is 1. The van der Waals surface area contributed by atoms with E-state index in [0.29, 0.717) is 24.5 Å². The third-order valence-corrected chi connectivity index (χ3v) is 4.09. The Morgan fingerprint density at radius 2 is 2.22 bits per heavy atom. The van der Waals surface area contributed by atoms with Gasteiger partial charge >= 0.3 is 11.7 Å². The summed E-state index contributed by atoms with van der Waals surface area (Å²) in [5.74, 6) is 0. The van der Waals surface area contributed by atoms with Gasteiger partial charge in [0.05, 0.1) is 4.92 Å². The lowest BCUT2D eigenvalue weighted by Gasteiger charge is -2.29. The van der Waals surface area contributed by atoms with E-state index in [1.54, 1.807) is 4.90 Å². The monoisotopic (exact) mass is 332 g/mol. The Balaban J connectivity index is 1.77. The summed E-state index contributed by atoms with van der Waals surface area (Å²) in [7, 11) is 0. The summed E-state index contributed by atoms with van der Waals surface area (Å²) in [5.41, 5.74) is 1.93. The van der Waals surface area contributed by atoms with Crippen molar-refractivity contribution in [2.45, 2.75) is 13.0 Å². The van der Waals surface area contributed by atoms with Gasteiger partial charge in [-0.15, -0.1) is 0 Å². The van der Waals surface area contributed by atoms with E-state index in [1.807, 2.05) is 18.2 Å². The molecule has 0 aliphatic carbocycles. The van der Waals surface area contributed by atoms with E-state index in [-0.39, 0.29) is 17.4 Å². The zero-order chi connectivity index (χ0) is 16.4. The lowest BCUT2D eigenvalue weighted by molar-refractivity contribution is -0.384. The molecule has 2 aromatic rings. The zero-order valence-corrected chi connectivity index (χ0v) is 12.8. The molecule has 23 heavy (non-hydrogen) atoms. The Morgan fingerprint density at radius 3 is 3.00 bits per heavy atom. The maximum atomic E-state index is 12.4. The van der Waals surface area contributed by atoms with Crippen molar-refractivity contribution in [3.63, 3.8) is 0 Å². The van der Waals surface area contributed by atoms with Gasteiger partial charge in [0.2, 0.25) is 0 Å². The minimum absolute atomic E-state index is 0.131. The number of rotatable bonds is 2. The van der Waals surface area contributed by atoms with Crippen molar-refractivity contribution in [1.82, 2.24) is 9.88 Å². The molecule has 0 bridgehead atoms. The van der Waals surface area contributed by atoms with E-state index in [4.69, 9.17) is 11.6 Å². The molecule has 0 fully saturated rings. The van der Waals surface area contributed by atoms with Crippen molar-refractivity contribution in [3.05, 3.63) is 62.9 Å². The molecule has 0 saturated heterocycles. The number of hydrogen-bond acceptors (Lipinski definition) is 4. The Labute approximate surface area is 137 Å². The van der Waals surface area contributed by atoms with Gasteiger partial charge in [-0.05, 0) is 29.7 Å². The molecule has 8 heteroatoms. The number of fused-ring (bicyclic) bond motifs is 1. The number of aromatic nitrogens is 1. The highest BCUT2D eigenvalue weighted by molar-refractivity contribution is 6.31. The van der Waals surface area contributed by atoms with Gasteiger partial charge in [-0.25, -0.2) is 4.79 Å². The SMILES string of the molecule is O=C(Nc1ccncc1[N+](=O)[O-])N1CCc2c(Cl)cccc2C1. The number of halogens is 1. The van der Waals surface area contributed by atoms with Gasteiger partial charge in [0.1, 0.15) is 11.9 Å². The van der Waals surface area contributed by atoms with Gasteiger partial charge < -0.3 is 10.2 Å². The van der Waals surface area contributed by atoms with E-state index >= 15 is 0 Å². The summed E-state index contributed by atoms with van der Waals surface area (Å²) in [6.07, 6.45) is 3.16. The molecule has 1 aliphatic heterocycles. The topological polar surface area (TPSA) is 88.4 Å². The number of hydrogen-bond donors (Lipinski definition) is 1. The van der Waals surface area contributed by atoms with E-state index in [2.05, 4.69) is 10.3 Å². The van der Waals surface area contributed by atoms with Gasteiger partial charge in [0.25, 0.3) is 0 Å². The van der Waals surface area contributed by atoms with Crippen LogP contribution in [0.5, 0.6) is 0 Å². The number of pyridine rings is 1. The third-order valence-electron chi connectivity index (χ3n) is 3.73. The van der Waals surface area contributed by atoms with Gasteiger partial charge in [-0.1, -0.05) is 23.7 Å². The van der Waals surface area contributed by atoms with E-state index < -0.39 is 4.92 Å². The summed E-state index contributed by atoms with van der Waals surface area (Å²) in [6.45, 7) is 0.919. The number of carbonyl (C=O) groups excluding carboxylic acids is 1. The summed E-state index contributed by atoms with van der Waals surface area (Å²) < 4.78 is 0. The van der Waals surface area contributed by atoms with E-state index in [1.165, 1.54) is 12.3 Å². The predicted molar refractivity (Wildman–Crippen MR) is 85.5 cm³/mol. The van der Waals surface area contributed by atoms with Crippen LogP contribution >= 0.6 is 11.6 Å². The molecule has 0 radical (unpaired) electrons. The molecule has 1 aliphatic rings. The molecule has 1 aromatic carbocycles. The molecule has 3 rings (SSSR count). The zero-order valence-electron chi connectivity index (χ0n) is 12.0. The standard InChI is InChI=1S/C15H13ClN4O3/c16-12-3-1-2-10-9-19(7-5-11(10)12)15(21)18-13-4-6-17-8-14(13)20(22)23/h1-4,6,8H,5,7,9H2,(H,17,18,21). The number of nitrogens with zero attached hydrogens (tertiary/aromatic N) is 3. The van der Waals surface area contributed by atoms with Crippen molar-refractivity contribution < 1.29 is 9.72 Å². The quantitative estimate of drug-likeness (QED) is 0.675. The van der Waals surface area contributed by atoms with Crippen LogP contribution in [0, 0.1) is 10.1 Å². The maximum Gasteiger partial charge on any atom is 0.322 e. The highest BCUT2D eigenvalue weighted by Gasteiger charge is 2.24. The van der Waals surface area contributed by atoms with Crippen LogP contribution in [-0.4, -0.2) is 27.4 Å². The summed E-state index contributed by atoms with van der Waals surface area (Å²) in [4.78, 5) is 28.1. The minimum Gasteiger partial charge on any atom is -0.320 e. The number of anilines is 1. The van der Waals surface area contributed by atoms with Crippen LogP contribution in [0.4, 0.5) is 16.2 Å². The molecule has 0 saturated carbocycles. The highest BCUT2D eigenvalue weighted by atomic mass is 35.5. The van der Waals surface area contributed by atoms with Crippen molar-refractivity contribution in [1.29, 1.82) is 0 Å². The first-order chi connectivity index (χ1) is 11.1. The second-order valence-corrected chi connectivity index (χ2v) is 5.54. The van der Waals surface area contributed by atoms with Crippen molar-refractivity contribution in [2.24, 2.45) is 0 Å². The van der Waals surface area contributed by atoms with Crippen LogP contribution in [0.1, 0.15) is 11.1 Å². The maximum absolute atomic E-state index is 12.4. The molecular formula is C15H13ClN4O3. The molecule has 1 N–H and O–H groups in total. The van der Waals surface area contributed by atoms with Crippen LogP contribution in [-0.2, 0) is 13.0 Å². The highest BCUT2D eigenvalue weighted by Crippen LogP contribution is 2.27. The number of urea groups is 1. The number of amides is 2. The first kappa shape index (κ1) is 15.2. The fourth-order valence-corrected chi connectivity index (χ4v) is 2.86. The van der Waals surface area contributed by atoms with Crippen LogP contribution in [0.15, 0.2) is 36.7 Å². The molecule has 0 unspecified atom stereocenters.